The van der Waals surface area contributed by atoms with Gasteiger partial charge >= 0.3 is 12.1 Å². The molecule has 0 fully saturated rings. The summed E-state index contributed by atoms with van der Waals surface area (Å²) in [5.74, 6) is -1.84. The second-order valence-corrected chi connectivity index (χ2v) is 3.90. The van der Waals surface area contributed by atoms with E-state index < -0.39 is 35.1 Å². The van der Waals surface area contributed by atoms with Gasteiger partial charge in [-0.25, -0.2) is 4.79 Å². The van der Waals surface area contributed by atoms with Crippen molar-refractivity contribution in [3.8, 4) is 5.75 Å². The molecule has 4 nitrogen and oxygen atoms in total. The fraction of sp³-hybridized carbons (Fsp3) is 0.417. The third-order valence-corrected chi connectivity index (χ3v) is 2.26. The minimum absolute atomic E-state index is 0.123. The molecular formula is C12H13F3O4. The Morgan fingerprint density at radius 2 is 2.05 bits per heavy atom. The Morgan fingerprint density at radius 3 is 2.53 bits per heavy atom. The molecule has 0 aliphatic carbocycles. The Balaban J connectivity index is 3.13. The average Bonchev–Trinajstić information content (AvgIpc) is 2.27. The third kappa shape index (κ3) is 4.13. The predicted octanol–water partition coefficient (Wildman–Crippen LogP) is 2.82. The van der Waals surface area contributed by atoms with Crippen LogP contribution in [0.5, 0.6) is 5.75 Å². The standard InChI is InChI=1S/C12H13F3O4/c1-7(6-18-2)19-10-4-3-8(11(16)17)5-9(10)12(13,14)15/h3-5,7H,6H2,1-2H3,(H,16,17). The maximum atomic E-state index is 12.8. The summed E-state index contributed by atoms with van der Waals surface area (Å²) in [6.07, 6.45) is -5.27. The molecule has 0 amide bonds. The monoisotopic (exact) mass is 278 g/mol. The molecule has 1 rings (SSSR count). The fourth-order valence-electron chi connectivity index (χ4n) is 1.47. The number of rotatable bonds is 5. The van der Waals surface area contributed by atoms with Crippen LogP contribution in [-0.2, 0) is 10.9 Å². The van der Waals surface area contributed by atoms with Gasteiger partial charge in [-0.3, -0.25) is 0 Å². The topological polar surface area (TPSA) is 55.8 Å². The van der Waals surface area contributed by atoms with Crippen molar-refractivity contribution in [2.45, 2.75) is 19.2 Å². The molecule has 1 aromatic rings. The molecule has 0 saturated heterocycles. The van der Waals surface area contributed by atoms with E-state index in [0.29, 0.717) is 6.07 Å². The molecule has 1 atom stereocenters. The SMILES string of the molecule is COCC(C)Oc1ccc(C(=O)O)cc1C(F)(F)F. The van der Waals surface area contributed by atoms with Crippen LogP contribution in [0.2, 0.25) is 0 Å². The van der Waals surface area contributed by atoms with Crippen molar-refractivity contribution >= 4 is 5.97 Å². The lowest BCUT2D eigenvalue weighted by molar-refractivity contribution is -0.139. The zero-order chi connectivity index (χ0) is 14.6. The number of carboxylic acid groups (broad SMARTS) is 1. The molecule has 0 saturated carbocycles. The zero-order valence-electron chi connectivity index (χ0n) is 10.3. The number of methoxy groups -OCH3 is 1. The van der Waals surface area contributed by atoms with E-state index >= 15 is 0 Å². The minimum atomic E-state index is -4.69. The third-order valence-electron chi connectivity index (χ3n) is 2.26. The molecule has 0 aliphatic heterocycles. The van der Waals surface area contributed by atoms with Crippen LogP contribution in [-0.4, -0.2) is 30.9 Å². The minimum Gasteiger partial charge on any atom is -0.488 e. The first-order valence-corrected chi connectivity index (χ1v) is 5.36. The molecular weight excluding hydrogens is 265 g/mol. The summed E-state index contributed by atoms with van der Waals surface area (Å²) in [7, 11) is 1.40. The van der Waals surface area contributed by atoms with Gasteiger partial charge in [-0.1, -0.05) is 0 Å². The molecule has 0 spiro atoms. The Kier molecular flexibility index (Phi) is 4.77. The summed E-state index contributed by atoms with van der Waals surface area (Å²) in [5, 5.41) is 8.70. The molecule has 19 heavy (non-hydrogen) atoms. The Hall–Kier alpha value is -1.76. The molecule has 0 bridgehead atoms. The van der Waals surface area contributed by atoms with Crippen LogP contribution >= 0.6 is 0 Å². The average molecular weight is 278 g/mol. The summed E-state index contributed by atoms with van der Waals surface area (Å²) in [6.45, 7) is 1.67. The molecule has 1 N–H and O–H groups in total. The Morgan fingerprint density at radius 1 is 1.42 bits per heavy atom. The van der Waals surface area contributed by atoms with E-state index in [1.165, 1.54) is 7.11 Å². The quantitative estimate of drug-likeness (QED) is 0.899. The maximum absolute atomic E-state index is 12.8. The molecule has 7 heteroatoms. The Bertz CT molecular complexity index is 457. The first kappa shape index (κ1) is 15.3. The maximum Gasteiger partial charge on any atom is 0.419 e. The number of alkyl halides is 3. The van der Waals surface area contributed by atoms with Crippen molar-refractivity contribution < 1.29 is 32.5 Å². The van der Waals surface area contributed by atoms with Gasteiger partial charge in [-0.2, -0.15) is 13.2 Å². The smallest absolute Gasteiger partial charge is 0.419 e. The summed E-state index contributed by atoms with van der Waals surface area (Å²) in [6, 6.07) is 2.61. The highest BCUT2D eigenvalue weighted by molar-refractivity contribution is 5.88. The van der Waals surface area contributed by atoms with E-state index in [0.717, 1.165) is 12.1 Å². The molecule has 0 radical (unpaired) electrons. The first-order valence-electron chi connectivity index (χ1n) is 5.36. The lowest BCUT2D eigenvalue weighted by Gasteiger charge is -2.18. The normalized spacial score (nSPS) is 13.1. The van der Waals surface area contributed by atoms with Gasteiger partial charge in [0.2, 0.25) is 0 Å². The molecule has 0 aromatic heterocycles. The summed E-state index contributed by atoms with van der Waals surface area (Å²) in [4.78, 5) is 10.7. The molecule has 106 valence electrons. The number of ether oxygens (including phenoxy) is 2. The van der Waals surface area contributed by atoms with E-state index in [9.17, 15) is 18.0 Å². The van der Waals surface area contributed by atoms with Crippen LogP contribution in [0.4, 0.5) is 13.2 Å². The van der Waals surface area contributed by atoms with Crippen molar-refractivity contribution in [1.29, 1.82) is 0 Å². The molecule has 1 aromatic carbocycles. The van der Waals surface area contributed by atoms with Gasteiger partial charge < -0.3 is 14.6 Å². The number of carbonyl (C=O) groups is 1. The summed E-state index contributed by atoms with van der Waals surface area (Å²) in [5.41, 5.74) is -1.56. The van der Waals surface area contributed by atoms with Gasteiger partial charge in [-0.05, 0) is 25.1 Å². The van der Waals surface area contributed by atoms with Crippen LogP contribution in [0.25, 0.3) is 0 Å². The van der Waals surface area contributed by atoms with E-state index in [2.05, 4.69) is 0 Å². The van der Waals surface area contributed by atoms with Gasteiger partial charge in [0.25, 0.3) is 0 Å². The summed E-state index contributed by atoms with van der Waals surface area (Å²) >= 11 is 0. The second-order valence-electron chi connectivity index (χ2n) is 3.90. The van der Waals surface area contributed by atoms with Crippen molar-refractivity contribution in [2.75, 3.05) is 13.7 Å². The van der Waals surface area contributed by atoms with Gasteiger partial charge in [0, 0.05) is 7.11 Å². The summed E-state index contributed by atoms with van der Waals surface area (Å²) < 4.78 is 48.3. The van der Waals surface area contributed by atoms with Crippen LogP contribution in [0.1, 0.15) is 22.8 Å². The van der Waals surface area contributed by atoms with Crippen molar-refractivity contribution in [3.63, 3.8) is 0 Å². The van der Waals surface area contributed by atoms with Crippen molar-refractivity contribution in [3.05, 3.63) is 29.3 Å². The van der Waals surface area contributed by atoms with Crippen LogP contribution in [0, 0.1) is 0 Å². The van der Waals surface area contributed by atoms with Crippen LogP contribution in [0.15, 0.2) is 18.2 Å². The highest BCUT2D eigenvalue weighted by Crippen LogP contribution is 2.37. The van der Waals surface area contributed by atoms with Crippen molar-refractivity contribution in [2.24, 2.45) is 0 Å². The van der Waals surface area contributed by atoms with E-state index in [1.54, 1.807) is 6.92 Å². The van der Waals surface area contributed by atoms with Gasteiger partial charge in [0.05, 0.1) is 17.7 Å². The number of hydrogen-bond acceptors (Lipinski definition) is 3. The van der Waals surface area contributed by atoms with E-state index in [-0.39, 0.29) is 6.61 Å². The van der Waals surface area contributed by atoms with Gasteiger partial charge in [0.15, 0.2) is 0 Å². The number of hydrogen-bond donors (Lipinski definition) is 1. The number of aromatic carboxylic acids is 1. The lowest BCUT2D eigenvalue weighted by atomic mass is 10.1. The fourth-order valence-corrected chi connectivity index (χ4v) is 1.47. The number of benzene rings is 1. The van der Waals surface area contributed by atoms with Gasteiger partial charge in [0.1, 0.15) is 11.9 Å². The second kappa shape index (κ2) is 5.92. The molecule has 1 unspecified atom stereocenters. The zero-order valence-corrected chi connectivity index (χ0v) is 10.3. The number of carboxylic acids is 1. The largest absolute Gasteiger partial charge is 0.488 e. The number of halogens is 3. The van der Waals surface area contributed by atoms with E-state index in [1.807, 2.05) is 0 Å². The highest BCUT2D eigenvalue weighted by Gasteiger charge is 2.35. The van der Waals surface area contributed by atoms with E-state index in [4.69, 9.17) is 14.6 Å². The van der Waals surface area contributed by atoms with Crippen LogP contribution in [0.3, 0.4) is 0 Å². The first-order chi connectivity index (χ1) is 8.75. The Labute approximate surface area is 107 Å². The molecule has 0 aliphatic rings. The lowest BCUT2D eigenvalue weighted by Crippen LogP contribution is -2.20. The van der Waals surface area contributed by atoms with Crippen molar-refractivity contribution in [1.82, 2.24) is 0 Å². The highest BCUT2D eigenvalue weighted by atomic mass is 19.4. The van der Waals surface area contributed by atoms with Gasteiger partial charge in [-0.15, -0.1) is 0 Å². The predicted molar refractivity (Wildman–Crippen MR) is 60.4 cm³/mol. The van der Waals surface area contributed by atoms with Crippen LogP contribution < -0.4 is 4.74 Å². The molecule has 0 heterocycles.